The Morgan fingerprint density at radius 3 is 2.70 bits per heavy atom. The fourth-order valence-corrected chi connectivity index (χ4v) is 3.99. The lowest BCUT2D eigenvalue weighted by molar-refractivity contribution is -0.118. The van der Waals surface area contributed by atoms with Crippen molar-refractivity contribution >= 4 is 28.2 Å². The summed E-state index contributed by atoms with van der Waals surface area (Å²) in [5.74, 6) is 0.734. The zero-order valence-electron chi connectivity index (χ0n) is 15.9. The van der Waals surface area contributed by atoms with Crippen molar-refractivity contribution in [1.29, 1.82) is 0 Å². The molecule has 0 fully saturated rings. The van der Waals surface area contributed by atoms with Gasteiger partial charge in [-0.25, -0.2) is 4.79 Å². The Hall–Kier alpha value is -2.54. The number of benzene rings is 1. The standard InChI is InChI=1S/C20H23NO5S/c1-5-24-20(23)17-12(4)16(27-19(17)21-18(22)11(2)3)9-13-6-7-14-15(8-13)26-10-25-14/h6-8,11H,5,9-10H2,1-4H3,(H,21,22). The average molecular weight is 389 g/mol. The predicted molar refractivity (Wildman–Crippen MR) is 104 cm³/mol. The number of fused-ring (bicyclic) bond motifs is 1. The van der Waals surface area contributed by atoms with Crippen LogP contribution in [0.25, 0.3) is 0 Å². The van der Waals surface area contributed by atoms with Gasteiger partial charge in [0.1, 0.15) is 5.00 Å². The van der Waals surface area contributed by atoms with Crippen molar-refractivity contribution in [3.05, 3.63) is 39.8 Å². The van der Waals surface area contributed by atoms with Crippen LogP contribution < -0.4 is 14.8 Å². The first-order valence-corrected chi connectivity index (χ1v) is 9.71. The van der Waals surface area contributed by atoms with Crippen molar-refractivity contribution in [1.82, 2.24) is 0 Å². The van der Waals surface area contributed by atoms with Gasteiger partial charge in [-0.2, -0.15) is 0 Å². The first kappa shape index (κ1) is 19.2. The van der Waals surface area contributed by atoms with Crippen LogP contribution in [0, 0.1) is 12.8 Å². The normalized spacial score (nSPS) is 12.3. The molecule has 0 radical (unpaired) electrons. The number of hydrogen-bond acceptors (Lipinski definition) is 6. The van der Waals surface area contributed by atoms with Gasteiger partial charge in [-0.15, -0.1) is 11.3 Å². The molecule has 2 aromatic rings. The molecule has 144 valence electrons. The fourth-order valence-electron chi connectivity index (χ4n) is 2.76. The molecule has 0 unspecified atom stereocenters. The van der Waals surface area contributed by atoms with E-state index in [4.69, 9.17) is 14.2 Å². The third-order valence-electron chi connectivity index (χ3n) is 4.29. The van der Waals surface area contributed by atoms with E-state index in [9.17, 15) is 9.59 Å². The molecule has 3 rings (SSSR count). The largest absolute Gasteiger partial charge is 0.462 e. The zero-order chi connectivity index (χ0) is 19.6. The molecule has 0 saturated heterocycles. The summed E-state index contributed by atoms with van der Waals surface area (Å²) in [4.78, 5) is 25.6. The molecule has 0 saturated carbocycles. The van der Waals surface area contributed by atoms with Crippen LogP contribution in [0.2, 0.25) is 0 Å². The quantitative estimate of drug-likeness (QED) is 0.752. The van der Waals surface area contributed by atoms with Gasteiger partial charge in [0, 0.05) is 17.2 Å². The van der Waals surface area contributed by atoms with Crippen molar-refractivity contribution < 1.29 is 23.8 Å². The number of hydrogen-bond donors (Lipinski definition) is 1. The van der Waals surface area contributed by atoms with E-state index in [0.717, 1.165) is 27.5 Å². The molecule has 1 N–H and O–H groups in total. The monoisotopic (exact) mass is 389 g/mol. The molecule has 1 aromatic heterocycles. The van der Waals surface area contributed by atoms with Crippen LogP contribution in [0.4, 0.5) is 5.00 Å². The molecular weight excluding hydrogens is 366 g/mol. The average Bonchev–Trinajstić information content (AvgIpc) is 3.19. The number of carbonyl (C=O) groups excluding carboxylic acids is 2. The van der Waals surface area contributed by atoms with E-state index in [-0.39, 0.29) is 25.2 Å². The molecule has 6 nitrogen and oxygen atoms in total. The van der Waals surface area contributed by atoms with E-state index in [1.165, 1.54) is 11.3 Å². The Morgan fingerprint density at radius 2 is 2.00 bits per heavy atom. The van der Waals surface area contributed by atoms with Crippen LogP contribution in [-0.2, 0) is 16.0 Å². The summed E-state index contributed by atoms with van der Waals surface area (Å²) in [6.07, 6.45) is 0.622. The van der Waals surface area contributed by atoms with Crippen LogP contribution in [0.1, 0.15) is 47.1 Å². The van der Waals surface area contributed by atoms with E-state index in [0.29, 0.717) is 17.0 Å². The molecule has 0 atom stereocenters. The number of ether oxygens (including phenoxy) is 3. The van der Waals surface area contributed by atoms with E-state index in [1.807, 2.05) is 39.0 Å². The van der Waals surface area contributed by atoms with Gasteiger partial charge in [0.25, 0.3) is 0 Å². The maximum Gasteiger partial charge on any atom is 0.341 e. The molecule has 1 aromatic carbocycles. The van der Waals surface area contributed by atoms with Gasteiger partial charge < -0.3 is 19.5 Å². The first-order valence-electron chi connectivity index (χ1n) is 8.89. The van der Waals surface area contributed by atoms with Gasteiger partial charge in [0.05, 0.1) is 12.2 Å². The Labute approximate surface area is 162 Å². The topological polar surface area (TPSA) is 73.9 Å². The number of rotatable bonds is 6. The Bertz CT molecular complexity index is 871. The molecule has 1 aliphatic heterocycles. The molecule has 0 bridgehead atoms. The third kappa shape index (κ3) is 4.08. The maximum absolute atomic E-state index is 12.5. The van der Waals surface area contributed by atoms with Gasteiger partial charge in [-0.1, -0.05) is 19.9 Å². The predicted octanol–water partition coefficient (Wildman–Crippen LogP) is 4.15. The minimum absolute atomic E-state index is 0.128. The van der Waals surface area contributed by atoms with Crippen LogP contribution in [0.3, 0.4) is 0 Å². The fraction of sp³-hybridized carbons (Fsp3) is 0.400. The molecule has 1 aliphatic rings. The molecule has 0 aliphatic carbocycles. The summed E-state index contributed by atoms with van der Waals surface area (Å²) >= 11 is 1.41. The molecule has 0 spiro atoms. The lowest BCUT2D eigenvalue weighted by Gasteiger charge is -2.08. The number of thiophene rings is 1. The van der Waals surface area contributed by atoms with Crippen LogP contribution >= 0.6 is 11.3 Å². The highest BCUT2D eigenvalue weighted by molar-refractivity contribution is 7.17. The number of nitrogens with one attached hydrogen (secondary N) is 1. The van der Waals surface area contributed by atoms with Gasteiger partial charge in [-0.05, 0) is 37.1 Å². The Balaban J connectivity index is 1.92. The summed E-state index contributed by atoms with van der Waals surface area (Å²) in [6, 6.07) is 5.80. The number of carbonyl (C=O) groups is 2. The zero-order valence-corrected chi connectivity index (χ0v) is 16.7. The molecule has 27 heavy (non-hydrogen) atoms. The van der Waals surface area contributed by atoms with Gasteiger partial charge in [0.2, 0.25) is 12.7 Å². The Kier molecular flexibility index (Phi) is 5.70. The first-order chi connectivity index (χ1) is 12.9. The lowest BCUT2D eigenvalue weighted by atomic mass is 10.1. The smallest absolute Gasteiger partial charge is 0.341 e. The highest BCUT2D eigenvalue weighted by atomic mass is 32.1. The minimum atomic E-state index is -0.415. The van der Waals surface area contributed by atoms with Gasteiger partial charge >= 0.3 is 5.97 Å². The molecule has 7 heteroatoms. The van der Waals surface area contributed by atoms with E-state index >= 15 is 0 Å². The van der Waals surface area contributed by atoms with Crippen LogP contribution in [0.15, 0.2) is 18.2 Å². The summed E-state index contributed by atoms with van der Waals surface area (Å²) in [7, 11) is 0. The van der Waals surface area contributed by atoms with Gasteiger partial charge in [0.15, 0.2) is 11.5 Å². The highest BCUT2D eigenvalue weighted by Crippen LogP contribution is 2.37. The minimum Gasteiger partial charge on any atom is -0.462 e. The third-order valence-corrected chi connectivity index (χ3v) is 5.50. The summed E-state index contributed by atoms with van der Waals surface area (Å²) in [5.41, 5.74) is 2.31. The second-order valence-electron chi connectivity index (χ2n) is 6.58. The summed E-state index contributed by atoms with van der Waals surface area (Å²) in [6.45, 7) is 7.79. The number of anilines is 1. The summed E-state index contributed by atoms with van der Waals surface area (Å²) < 4.78 is 16.0. The second kappa shape index (κ2) is 8.00. The van der Waals surface area contributed by atoms with E-state index in [2.05, 4.69) is 5.32 Å². The van der Waals surface area contributed by atoms with Crippen molar-refractivity contribution in [2.45, 2.75) is 34.1 Å². The van der Waals surface area contributed by atoms with Crippen molar-refractivity contribution in [3.63, 3.8) is 0 Å². The molecular formula is C20H23NO5S. The van der Waals surface area contributed by atoms with E-state index in [1.54, 1.807) is 6.92 Å². The second-order valence-corrected chi connectivity index (χ2v) is 7.69. The van der Waals surface area contributed by atoms with Crippen LogP contribution in [-0.4, -0.2) is 25.3 Å². The van der Waals surface area contributed by atoms with Gasteiger partial charge in [-0.3, -0.25) is 4.79 Å². The number of amides is 1. The van der Waals surface area contributed by atoms with E-state index < -0.39 is 5.97 Å². The van der Waals surface area contributed by atoms with Crippen LogP contribution in [0.5, 0.6) is 11.5 Å². The summed E-state index contributed by atoms with van der Waals surface area (Å²) in [5, 5.41) is 3.41. The van der Waals surface area contributed by atoms with Crippen molar-refractivity contribution in [2.75, 3.05) is 18.7 Å². The van der Waals surface area contributed by atoms with Crippen molar-refractivity contribution in [2.24, 2.45) is 5.92 Å². The van der Waals surface area contributed by atoms with Crippen molar-refractivity contribution in [3.8, 4) is 11.5 Å². The molecule has 1 amide bonds. The SMILES string of the molecule is CCOC(=O)c1c(NC(=O)C(C)C)sc(Cc2ccc3c(c2)OCO3)c1C. The Morgan fingerprint density at radius 1 is 1.26 bits per heavy atom. The lowest BCUT2D eigenvalue weighted by Crippen LogP contribution is -2.19. The number of esters is 1. The highest BCUT2D eigenvalue weighted by Gasteiger charge is 2.24. The maximum atomic E-state index is 12.5. The molecule has 2 heterocycles.